The summed E-state index contributed by atoms with van der Waals surface area (Å²) >= 11 is 0. The molecule has 29 heavy (non-hydrogen) atoms. The molecule has 2 aromatic rings. The summed E-state index contributed by atoms with van der Waals surface area (Å²) in [6.45, 7) is 8.26. The van der Waals surface area contributed by atoms with Crippen molar-refractivity contribution in [2.75, 3.05) is 32.1 Å². The first-order valence-corrected chi connectivity index (χ1v) is 9.79. The third-order valence-corrected chi connectivity index (χ3v) is 4.56. The van der Waals surface area contributed by atoms with Gasteiger partial charge in [-0.2, -0.15) is 0 Å². The van der Waals surface area contributed by atoms with E-state index in [1.807, 2.05) is 32.0 Å². The maximum atomic E-state index is 12.6. The monoisotopic (exact) mass is 398 g/mol. The van der Waals surface area contributed by atoms with Gasteiger partial charge in [-0.25, -0.2) is 0 Å². The van der Waals surface area contributed by atoms with Crippen LogP contribution in [0.15, 0.2) is 42.5 Å². The fourth-order valence-electron chi connectivity index (χ4n) is 2.93. The van der Waals surface area contributed by atoms with Gasteiger partial charge in [-0.1, -0.05) is 32.0 Å². The molecule has 0 spiro atoms. The molecule has 0 saturated carbocycles. The zero-order valence-electron chi connectivity index (χ0n) is 17.8. The summed E-state index contributed by atoms with van der Waals surface area (Å²) in [5.41, 5.74) is 2.75. The number of hydrogen-bond donors (Lipinski definition) is 1. The lowest BCUT2D eigenvalue weighted by Crippen LogP contribution is -2.40. The highest BCUT2D eigenvalue weighted by atomic mass is 16.5. The molecule has 0 aromatic heterocycles. The minimum atomic E-state index is -0.271. The molecule has 0 fully saturated rings. The molecule has 0 atom stereocenters. The largest absolute Gasteiger partial charge is 0.497 e. The normalized spacial score (nSPS) is 10.6. The van der Waals surface area contributed by atoms with Crippen LogP contribution in [0, 0.1) is 6.92 Å². The predicted molar refractivity (Wildman–Crippen MR) is 115 cm³/mol. The van der Waals surface area contributed by atoms with Gasteiger partial charge < -0.3 is 19.7 Å². The van der Waals surface area contributed by atoms with E-state index >= 15 is 0 Å². The number of likely N-dealkylation sites (N-methyl/N-ethyl adjacent to an activating group) is 1. The van der Waals surface area contributed by atoms with Crippen molar-refractivity contribution >= 4 is 17.5 Å². The Hall–Kier alpha value is -3.02. The Morgan fingerprint density at radius 3 is 2.55 bits per heavy atom. The second kappa shape index (κ2) is 10.5. The van der Waals surface area contributed by atoms with Gasteiger partial charge >= 0.3 is 0 Å². The number of amides is 2. The third-order valence-electron chi connectivity index (χ3n) is 4.56. The summed E-state index contributed by atoms with van der Waals surface area (Å²) < 4.78 is 11.0. The highest BCUT2D eigenvalue weighted by Gasteiger charge is 2.18. The molecule has 6 heteroatoms. The van der Waals surface area contributed by atoms with Crippen molar-refractivity contribution < 1.29 is 19.1 Å². The summed E-state index contributed by atoms with van der Waals surface area (Å²) in [4.78, 5) is 26.4. The number of aryl methyl sites for hydroxylation is 1. The number of hydrogen-bond acceptors (Lipinski definition) is 4. The quantitative estimate of drug-likeness (QED) is 0.693. The molecule has 0 heterocycles. The lowest BCUT2D eigenvalue weighted by atomic mass is 10.0. The summed E-state index contributed by atoms with van der Waals surface area (Å²) in [6, 6.07) is 13.1. The second-order valence-corrected chi connectivity index (χ2v) is 7.17. The smallest absolute Gasteiger partial charge is 0.260 e. The minimum Gasteiger partial charge on any atom is -0.497 e. The Bertz CT molecular complexity index is 849. The molecule has 2 rings (SSSR count). The van der Waals surface area contributed by atoms with Gasteiger partial charge in [0, 0.05) is 18.3 Å². The van der Waals surface area contributed by atoms with Crippen LogP contribution in [-0.2, 0) is 9.59 Å². The van der Waals surface area contributed by atoms with Gasteiger partial charge in [-0.3, -0.25) is 9.59 Å². The molecule has 2 amide bonds. The number of methoxy groups -OCH3 is 1. The summed E-state index contributed by atoms with van der Waals surface area (Å²) in [5, 5.41) is 2.79. The van der Waals surface area contributed by atoms with Crippen molar-refractivity contribution in [3.63, 3.8) is 0 Å². The van der Waals surface area contributed by atoms with Gasteiger partial charge in [-0.05, 0) is 49.1 Å². The van der Waals surface area contributed by atoms with Crippen LogP contribution in [0.3, 0.4) is 0 Å². The molecular weight excluding hydrogens is 368 g/mol. The number of rotatable bonds is 9. The Morgan fingerprint density at radius 1 is 1.14 bits per heavy atom. The fourth-order valence-corrected chi connectivity index (χ4v) is 2.93. The average Bonchev–Trinajstić information content (AvgIpc) is 2.70. The Labute approximate surface area is 172 Å². The first kappa shape index (κ1) is 22.3. The fraction of sp³-hybridized carbons (Fsp3) is 0.391. The number of nitrogens with zero attached hydrogens (tertiary/aromatic N) is 1. The van der Waals surface area contributed by atoms with Crippen molar-refractivity contribution in [3.05, 3.63) is 53.6 Å². The van der Waals surface area contributed by atoms with E-state index in [0.717, 1.165) is 11.1 Å². The molecule has 0 aliphatic rings. The van der Waals surface area contributed by atoms with Crippen molar-refractivity contribution in [1.29, 1.82) is 0 Å². The molecule has 0 saturated heterocycles. The lowest BCUT2D eigenvalue weighted by Gasteiger charge is -2.21. The molecule has 0 aliphatic carbocycles. The molecule has 1 N–H and O–H groups in total. The molecule has 2 aromatic carbocycles. The van der Waals surface area contributed by atoms with Gasteiger partial charge in [0.15, 0.2) is 6.61 Å². The molecular formula is C23H30N2O4. The van der Waals surface area contributed by atoms with Crippen LogP contribution in [0.4, 0.5) is 5.69 Å². The summed E-state index contributed by atoms with van der Waals surface area (Å²) in [6.07, 6.45) is 0. The number of nitrogens with one attached hydrogen (secondary N) is 1. The standard InChI is InChI=1S/C23H30N2O4/c1-6-25(14-22(26)24-18-8-7-9-19(13-18)28-5)23(27)15-29-21-12-17(4)10-11-20(21)16(2)3/h7-13,16H,6,14-15H2,1-5H3,(H,24,26). The zero-order chi connectivity index (χ0) is 21.4. The summed E-state index contributed by atoms with van der Waals surface area (Å²) in [7, 11) is 1.57. The van der Waals surface area contributed by atoms with Crippen LogP contribution in [0.1, 0.15) is 37.8 Å². The van der Waals surface area contributed by atoms with E-state index < -0.39 is 0 Å². The van der Waals surface area contributed by atoms with Gasteiger partial charge in [0.25, 0.3) is 5.91 Å². The van der Waals surface area contributed by atoms with Crippen LogP contribution in [-0.4, -0.2) is 43.5 Å². The minimum absolute atomic E-state index is 0.0409. The topological polar surface area (TPSA) is 67.9 Å². The number of carbonyl (C=O) groups is 2. The van der Waals surface area contributed by atoms with Gasteiger partial charge in [0.05, 0.1) is 13.7 Å². The average molecular weight is 399 g/mol. The van der Waals surface area contributed by atoms with E-state index in [9.17, 15) is 9.59 Å². The van der Waals surface area contributed by atoms with Crippen molar-refractivity contribution in [1.82, 2.24) is 4.90 Å². The number of benzene rings is 2. The summed E-state index contributed by atoms with van der Waals surface area (Å²) in [5.74, 6) is 1.15. The van der Waals surface area contributed by atoms with Gasteiger partial charge in [0.2, 0.25) is 5.91 Å². The van der Waals surface area contributed by atoms with Crippen LogP contribution >= 0.6 is 0 Å². The van der Waals surface area contributed by atoms with Crippen molar-refractivity contribution in [2.45, 2.75) is 33.6 Å². The van der Waals surface area contributed by atoms with Crippen molar-refractivity contribution in [3.8, 4) is 11.5 Å². The van der Waals surface area contributed by atoms with E-state index in [4.69, 9.17) is 9.47 Å². The lowest BCUT2D eigenvalue weighted by molar-refractivity contribution is -0.136. The first-order valence-electron chi connectivity index (χ1n) is 9.79. The van der Waals surface area contributed by atoms with Crippen molar-refractivity contribution in [2.24, 2.45) is 0 Å². The number of ether oxygens (including phenoxy) is 2. The van der Waals surface area contributed by atoms with E-state index in [1.54, 1.807) is 31.4 Å². The predicted octanol–water partition coefficient (Wildman–Crippen LogP) is 3.99. The highest BCUT2D eigenvalue weighted by Crippen LogP contribution is 2.27. The number of anilines is 1. The first-order chi connectivity index (χ1) is 13.8. The molecule has 6 nitrogen and oxygen atoms in total. The van der Waals surface area contributed by atoms with Gasteiger partial charge in [0.1, 0.15) is 11.5 Å². The maximum Gasteiger partial charge on any atom is 0.260 e. The van der Waals surface area contributed by atoms with Crippen LogP contribution in [0.5, 0.6) is 11.5 Å². The molecule has 0 bridgehead atoms. The Morgan fingerprint density at radius 2 is 1.90 bits per heavy atom. The second-order valence-electron chi connectivity index (χ2n) is 7.17. The van der Waals surface area contributed by atoms with E-state index in [1.165, 1.54) is 4.90 Å². The third kappa shape index (κ3) is 6.52. The Balaban J connectivity index is 1.96. The van der Waals surface area contributed by atoms with Gasteiger partial charge in [-0.15, -0.1) is 0 Å². The van der Waals surface area contributed by atoms with E-state index in [2.05, 4.69) is 19.2 Å². The van der Waals surface area contributed by atoms with Crippen LogP contribution < -0.4 is 14.8 Å². The Kier molecular flexibility index (Phi) is 8.07. The highest BCUT2D eigenvalue weighted by molar-refractivity contribution is 5.94. The molecule has 0 unspecified atom stereocenters. The number of carbonyl (C=O) groups excluding carboxylic acids is 2. The van der Waals surface area contributed by atoms with Crippen LogP contribution in [0.2, 0.25) is 0 Å². The maximum absolute atomic E-state index is 12.6. The van der Waals surface area contributed by atoms with Crippen LogP contribution in [0.25, 0.3) is 0 Å². The SMILES string of the molecule is CCN(CC(=O)Nc1cccc(OC)c1)C(=O)COc1cc(C)ccc1C(C)C. The molecule has 0 radical (unpaired) electrons. The van der Waals surface area contributed by atoms with E-state index in [-0.39, 0.29) is 30.9 Å². The van der Waals surface area contributed by atoms with E-state index in [0.29, 0.717) is 23.7 Å². The molecule has 156 valence electrons. The zero-order valence-corrected chi connectivity index (χ0v) is 17.8. The molecule has 0 aliphatic heterocycles.